The van der Waals surface area contributed by atoms with E-state index in [-0.39, 0.29) is 17.9 Å². The first kappa shape index (κ1) is 21.0. The molecule has 1 aromatic carbocycles. The van der Waals surface area contributed by atoms with Crippen LogP contribution >= 0.6 is 11.5 Å². The Morgan fingerprint density at radius 1 is 1.17 bits per heavy atom. The lowest BCUT2D eigenvalue weighted by atomic mass is 10.1. The molecule has 0 aliphatic carbocycles. The van der Waals surface area contributed by atoms with Crippen LogP contribution in [0.3, 0.4) is 0 Å². The number of hydrogen-bond acceptors (Lipinski definition) is 7. The van der Waals surface area contributed by atoms with Crippen LogP contribution in [0, 0.1) is 18.3 Å². The fraction of sp³-hybridized carbons (Fsp3) is 0.190. The number of benzene rings is 1. The maximum Gasteiger partial charge on any atom is 0.260 e. The lowest BCUT2D eigenvalue weighted by molar-refractivity contribution is 0.0941. The summed E-state index contributed by atoms with van der Waals surface area (Å²) in [6, 6.07) is 12.0. The molecule has 0 saturated heterocycles. The Bertz CT molecular complexity index is 1130. The fourth-order valence-corrected chi connectivity index (χ4v) is 3.49. The first-order valence-electron chi connectivity index (χ1n) is 9.19. The Morgan fingerprint density at radius 3 is 2.70 bits per heavy atom. The second-order valence-corrected chi connectivity index (χ2v) is 7.58. The molecule has 0 atom stereocenters. The Balaban J connectivity index is 1.80. The molecular formula is C21H20N6O2S. The lowest BCUT2D eigenvalue weighted by Gasteiger charge is -2.11. The third-order valence-corrected chi connectivity index (χ3v) is 4.88. The molecule has 0 spiro atoms. The Kier molecular flexibility index (Phi) is 6.39. The van der Waals surface area contributed by atoms with Crippen molar-refractivity contribution in [3.8, 4) is 6.07 Å². The third-order valence-electron chi connectivity index (χ3n) is 4.02. The molecule has 9 heteroatoms. The number of rotatable bonds is 6. The van der Waals surface area contributed by atoms with Crippen LogP contribution in [0.25, 0.3) is 0 Å². The van der Waals surface area contributed by atoms with Gasteiger partial charge in [0.15, 0.2) is 0 Å². The van der Waals surface area contributed by atoms with E-state index < -0.39 is 0 Å². The number of nitrogens with one attached hydrogen (secondary N) is 3. The maximum absolute atomic E-state index is 12.9. The summed E-state index contributed by atoms with van der Waals surface area (Å²) in [6.45, 7) is 5.50. The number of pyridine rings is 1. The van der Waals surface area contributed by atoms with E-state index in [2.05, 4.69) is 31.4 Å². The van der Waals surface area contributed by atoms with E-state index in [0.717, 1.165) is 11.5 Å². The number of amides is 2. The summed E-state index contributed by atoms with van der Waals surface area (Å²) in [6.07, 6.45) is 1.52. The van der Waals surface area contributed by atoms with E-state index >= 15 is 0 Å². The number of nitriles is 1. The highest BCUT2D eigenvalue weighted by Crippen LogP contribution is 2.28. The molecule has 0 unspecified atom stereocenters. The first-order chi connectivity index (χ1) is 14.4. The maximum atomic E-state index is 12.9. The summed E-state index contributed by atoms with van der Waals surface area (Å²) in [5.74, 6) is -0.124. The highest BCUT2D eigenvalue weighted by molar-refractivity contribution is 7.10. The molecule has 8 nitrogen and oxygen atoms in total. The van der Waals surface area contributed by atoms with Crippen molar-refractivity contribution in [1.82, 2.24) is 14.7 Å². The second-order valence-electron chi connectivity index (χ2n) is 6.80. The van der Waals surface area contributed by atoms with Gasteiger partial charge in [0.2, 0.25) is 0 Å². The van der Waals surface area contributed by atoms with Crippen molar-refractivity contribution in [2.75, 3.05) is 10.6 Å². The van der Waals surface area contributed by atoms with Crippen LogP contribution in [-0.4, -0.2) is 27.2 Å². The van der Waals surface area contributed by atoms with Gasteiger partial charge in [0.25, 0.3) is 11.8 Å². The summed E-state index contributed by atoms with van der Waals surface area (Å²) < 4.78 is 4.26. The highest BCUT2D eigenvalue weighted by Gasteiger charge is 2.20. The minimum atomic E-state index is -0.360. The van der Waals surface area contributed by atoms with Crippen LogP contribution in [0.1, 0.15) is 45.8 Å². The molecule has 3 N–H and O–H groups in total. The van der Waals surface area contributed by atoms with E-state index in [1.54, 1.807) is 43.3 Å². The average Bonchev–Trinajstić information content (AvgIpc) is 3.08. The van der Waals surface area contributed by atoms with E-state index in [0.29, 0.717) is 38.9 Å². The van der Waals surface area contributed by atoms with Crippen molar-refractivity contribution in [3.63, 3.8) is 0 Å². The summed E-state index contributed by atoms with van der Waals surface area (Å²) >= 11 is 1.13. The molecule has 2 heterocycles. The minimum Gasteiger partial charge on any atom is -0.350 e. The van der Waals surface area contributed by atoms with Crippen molar-refractivity contribution in [1.29, 1.82) is 5.26 Å². The predicted octanol–water partition coefficient (Wildman–Crippen LogP) is 3.85. The third kappa shape index (κ3) is 4.98. The molecule has 0 fully saturated rings. The van der Waals surface area contributed by atoms with E-state index in [4.69, 9.17) is 5.26 Å². The zero-order chi connectivity index (χ0) is 21.7. The standard InChI is InChI=1S/C21H20N6O2S/c1-12(2)24-19(28)15-5-4-6-16(10-15)25-20(29)18-13(3)27-30-21(18)26-17-9-14(11-22)7-8-23-17/h4-10,12H,1-3H3,(H,23,26)(H,24,28)(H,25,29). The van der Waals surface area contributed by atoms with Crippen molar-refractivity contribution in [2.24, 2.45) is 0 Å². The highest BCUT2D eigenvalue weighted by atomic mass is 32.1. The van der Waals surface area contributed by atoms with Crippen molar-refractivity contribution in [3.05, 3.63) is 65.0 Å². The van der Waals surface area contributed by atoms with Crippen LogP contribution in [0.15, 0.2) is 42.6 Å². The zero-order valence-electron chi connectivity index (χ0n) is 16.7. The van der Waals surface area contributed by atoms with Crippen LogP contribution in [-0.2, 0) is 0 Å². The van der Waals surface area contributed by atoms with E-state index in [1.807, 2.05) is 13.8 Å². The zero-order valence-corrected chi connectivity index (χ0v) is 17.5. The van der Waals surface area contributed by atoms with E-state index in [9.17, 15) is 9.59 Å². The van der Waals surface area contributed by atoms with Crippen LogP contribution in [0.5, 0.6) is 0 Å². The molecular weight excluding hydrogens is 400 g/mol. The largest absolute Gasteiger partial charge is 0.350 e. The first-order valence-corrected chi connectivity index (χ1v) is 9.96. The molecule has 3 rings (SSSR count). The van der Waals surface area contributed by atoms with Crippen LogP contribution in [0.4, 0.5) is 16.5 Å². The van der Waals surface area contributed by atoms with Gasteiger partial charge < -0.3 is 16.0 Å². The van der Waals surface area contributed by atoms with Gasteiger partial charge in [-0.15, -0.1) is 0 Å². The van der Waals surface area contributed by atoms with Crippen molar-refractivity contribution >= 4 is 39.9 Å². The minimum absolute atomic E-state index is 0.0112. The predicted molar refractivity (Wildman–Crippen MR) is 116 cm³/mol. The smallest absolute Gasteiger partial charge is 0.260 e. The molecule has 3 aromatic rings. The van der Waals surface area contributed by atoms with Crippen LogP contribution in [0.2, 0.25) is 0 Å². The summed E-state index contributed by atoms with van der Waals surface area (Å²) in [5.41, 5.74) is 2.35. The Labute approximate surface area is 178 Å². The van der Waals surface area contributed by atoms with Crippen molar-refractivity contribution < 1.29 is 9.59 Å². The molecule has 2 aromatic heterocycles. The molecule has 0 aliphatic rings. The fourth-order valence-electron chi connectivity index (χ4n) is 2.68. The number of anilines is 3. The number of aryl methyl sites for hydroxylation is 1. The molecule has 152 valence electrons. The molecule has 2 amide bonds. The number of hydrogen-bond donors (Lipinski definition) is 3. The number of carbonyl (C=O) groups is 2. The quantitative estimate of drug-likeness (QED) is 0.557. The number of aromatic nitrogens is 2. The molecule has 0 aliphatic heterocycles. The van der Waals surface area contributed by atoms with Crippen LogP contribution < -0.4 is 16.0 Å². The second kappa shape index (κ2) is 9.15. The van der Waals surface area contributed by atoms with Gasteiger partial charge in [-0.2, -0.15) is 9.64 Å². The SMILES string of the molecule is Cc1nsc(Nc2cc(C#N)ccn2)c1C(=O)Nc1cccc(C(=O)NC(C)C)c1. The van der Waals surface area contributed by atoms with Gasteiger partial charge in [-0.3, -0.25) is 9.59 Å². The molecule has 30 heavy (non-hydrogen) atoms. The van der Waals surface area contributed by atoms with Gasteiger partial charge in [-0.1, -0.05) is 6.07 Å². The topological polar surface area (TPSA) is 120 Å². The van der Waals surface area contributed by atoms with Crippen molar-refractivity contribution in [2.45, 2.75) is 26.8 Å². The summed E-state index contributed by atoms with van der Waals surface area (Å²) in [4.78, 5) is 29.3. The number of nitrogens with zero attached hydrogens (tertiary/aromatic N) is 3. The molecule has 0 bridgehead atoms. The number of carbonyl (C=O) groups excluding carboxylic acids is 2. The average molecular weight is 420 g/mol. The normalized spacial score (nSPS) is 10.4. The Hall–Kier alpha value is -3.77. The van der Waals surface area contributed by atoms with Gasteiger partial charge in [-0.25, -0.2) is 4.98 Å². The van der Waals surface area contributed by atoms with Gasteiger partial charge >= 0.3 is 0 Å². The van der Waals surface area contributed by atoms with Gasteiger partial charge in [0.1, 0.15) is 10.8 Å². The summed E-state index contributed by atoms with van der Waals surface area (Å²) in [5, 5.41) is 18.3. The van der Waals surface area contributed by atoms with Gasteiger partial charge in [-0.05, 0) is 62.6 Å². The lowest BCUT2D eigenvalue weighted by Crippen LogP contribution is -2.30. The monoisotopic (exact) mass is 420 g/mol. The Morgan fingerprint density at radius 2 is 1.97 bits per heavy atom. The summed E-state index contributed by atoms with van der Waals surface area (Å²) in [7, 11) is 0. The van der Waals surface area contributed by atoms with Gasteiger partial charge in [0, 0.05) is 23.5 Å². The molecule has 0 saturated carbocycles. The molecule has 0 radical (unpaired) electrons. The van der Waals surface area contributed by atoms with E-state index in [1.165, 1.54) is 6.20 Å². The van der Waals surface area contributed by atoms with Gasteiger partial charge in [0.05, 0.1) is 22.9 Å².